The molecule has 1 rings (SSSR count). The lowest BCUT2D eigenvalue weighted by Gasteiger charge is -2.08. The Morgan fingerprint density at radius 2 is 2.11 bits per heavy atom. The van der Waals surface area contributed by atoms with Crippen LogP contribution in [0.5, 0.6) is 0 Å². The molecule has 0 bridgehead atoms. The van der Waals surface area contributed by atoms with Crippen molar-refractivity contribution in [1.82, 2.24) is 15.3 Å². The zero-order chi connectivity index (χ0) is 14.4. The molecule has 1 heterocycles. The number of thioether (sulfide) groups is 1. The van der Waals surface area contributed by atoms with Gasteiger partial charge in [0.1, 0.15) is 16.4 Å². The van der Waals surface area contributed by atoms with E-state index in [0.29, 0.717) is 11.5 Å². The average Bonchev–Trinajstić information content (AvgIpc) is 2.32. The highest BCUT2D eigenvalue weighted by Gasteiger charge is 2.18. The van der Waals surface area contributed by atoms with E-state index >= 15 is 0 Å². The number of aromatic carboxylic acids is 1. The summed E-state index contributed by atoms with van der Waals surface area (Å²) in [4.78, 5) is 30.6. The van der Waals surface area contributed by atoms with Gasteiger partial charge in [0.25, 0.3) is 0 Å². The summed E-state index contributed by atoms with van der Waals surface area (Å²) in [5.41, 5.74) is 0.409. The number of carboxylic acids is 1. The molecule has 100 valence electrons. The standard InChI is InChI=1S/C12H13N3O3S/c1-4-5-13-9(16)6-19-11-10(12(17)18)7(2)14-8(3)15-11/h1H,5-6H2,2-3H3,(H,13,16)(H,17,18). The Labute approximate surface area is 115 Å². The molecule has 0 aliphatic carbocycles. The molecule has 2 N–H and O–H groups in total. The summed E-state index contributed by atoms with van der Waals surface area (Å²) in [6.45, 7) is 3.41. The predicted octanol–water partition coefficient (Wildman–Crippen LogP) is 0.633. The van der Waals surface area contributed by atoms with Crippen LogP contribution in [0.25, 0.3) is 0 Å². The van der Waals surface area contributed by atoms with Gasteiger partial charge in [-0.05, 0) is 13.8 Å². The molecule has 0 spiro atoms. The summed E-state index contributed by atoms with van der Waals surface area (Å²) in [6, 6.07) is 0. The van der Waals surface area contributed by atoms with Crippen molar-refractivity contribution in [2.24, 2.45) is 0 Å². The van der Waals surface area contributed by atoms with Crippen molar-refractivity contribution in [3.05, 3.63) is 17.1 Å². The van der Waals surface area contributed by atoms with Gasteiger partial charge in [0.2, 0.25) is 5.91 Å². The average molecular weight is 279 g/mol. The minimum Gasteiger partial charge on any atom is -0.478 e. The lowest BCUT2D eigenvalue weighted by molar-refractivity contribution is -0.118. The van der Waals surface area contributed by atoms with E-state index in [2.05, 4.69) is 21.2 Å². The maximum absolute atomic E-state index is 11.4. The van der Waals surface area contributed by atoms with Gasteiger partial charge in [-0.1, -0.05) is 17.7 Å². The number of hydrogen-bond donors (Lipinski definition) is 2. The van der Waals surface area contributed by atoms with E-state index in [1.165, 1.54) is 0 Å². The van der Waals surface area contributed by atoms with Crippen LogP contribution < -0.4 is 5.32 Å². The fourth-order valence-electron chi connectivity index (χ4n) is 1.37. The topological polar surface area (TPSA) is 92.2 Å². The summed E-state index contributed by atoms with van der Waals surface area (Å²) >= 11 is 1.05. The van der Waals surface area contributed by atoms with Crippen LogP contribution in [0.4, 0.5) is 0 Å². The van der Waals surface area contributed by atoms with Gasteiger partial charge >= 0.3 is 5.97 Å². The van der Waals surface area contributed by atoms with Gasteiger partial charge in [-0.15, -0.1) is 6.42 Å². The number of terminal acetylenes is 1. The molecule has 1 aromatic rings. The SMILES string of the molecule is C#CCNC(=O)CSc1nc(C)nc(C)c1C(=O)O. The number of carbonyl (C=O) groups excluding carboxylic acids is 1. The number of nitrogens with one attached hydrogen (secondary N) is 1. The highest BCUT2D eigenvalue weighted by molar-refractivity contribution is 8.00. The van der Waals surface area contributed by atoms with Gasteiger partial charge in [0.05, 0.1) is 18.0 Å². The first-order valence-corrected chi connectivity index (χ1v) is 6.35. The van der Waals surface area contributed by atoms with Gasteiger partial charge in [-0.2, -0.15) is 0 Å². The molecular formula is C12H13N3O3S. The normalized spacial score (nSPS) is 9.74. The fourth-order valence-corrected chi connectivity index (χ4v) is 2.31. The van der Waals surface area contributed by atoms with Crippen LogP contribution in [0.3, 0.4) is 0 Å². The first kappa shape index (κ1) is 15.0. The largest absolute Gasteiger partial charge is 0.478 e. The predicted molar refractivity (Wildman–Crippen MR) is 71.0 cm³/mol. The highest BCUT2D eigenvalue weighted by atomic mass is 32.2. The maximum Gasteiger partial charge on any atom is 0.340 e. The summed E-state index contributed by atoms with van der Waals surface area (Å²) in [5, 5.41) is 11.9. The molecule has 1 amide bonds. The quantitative estimate of drug-likeness (QED) is 0.466. The van der Waals surface area contributed by atoms with E-state index < -0.39 is 5.97 Å². The fraction of sp³-hybridized carbons (Fsp3) is 0.333. The second-order valence-electron chi connectivity index (χ2n) is 3.61. The van der Waals surface area contributed by atoms with Crippen LogP contribution in [0.1, 0.15) is 21.9 Å². The van der Waals surface area contributed by atoms with Gasteiger partial charge in [-0.25, -0.2) is 14.8 Å². The molecule has 0 radical (unpaired) electrons. The smallest absolute Gasteiger partial charge is 0.340 e. The molecule has 0 aromatic carbocycles. The van der Waals surface area contributed by atoms with E-state index in [1.807, 2.05) is 0 Å². The van der Waals surface area contributed by atoms with Crippen LogP contribution in [0.15, 0.2) is 5.03 Å². The van der Waals surface area contributed by atoms with Gasteiger partial charge < -0.3 is 10.4 Å². The maximum atomic E-state index is 11.4. The van der Waals surface area contributed by atoms with Crippen molar-refractivity contribution in [2.75, 3.05) is 12.3 Å². The summed E-state index contributed by atoms with van der Waals surface area (Å²) in [7, 11) is 0. The van der Waals surface area contributed by atoms with Crippen molar-refractivity contribution in [2.45, 2.75) is 18.9 Å². The Bertz CT molecular complexity index is 552. The zero-order valence-electron chi connectivity index (χ0n) is 10.6. The van der Waals surface area contributed by atoms with Crippen LogP contribution in [-0.4, -0.2) is 39.2 Å². The first-order valence-electron chi connectivity index (χ1n) is 5.37. The third-order valence-corrected chi connectivity index (χ3v) is 3.09. The van der Waals surface area contributed by atoms with E-state index in [1.54, 1.807) is 13.8 Å². The third-order valence-electron chi connectivity index (χ3n) is 2.11. The number of aryl methyl sites for hydroxylation is 2. The summed E-state index contributed by atoms with van der Waals surface area (Å²) in [6.07, 6.45) is 5.02. The highest BCUT2D eigenvalue weighted by Crippen LogP contribution is 2.22. The second kappa shape index (κ2) is 6.75. The molecule has 1 aromatic heterocycles. The summed E-state index contributed by atoms with van der Waals surface area (Å²) in [5.74, 6) is 1.43. The van der Waals surface area contributed by atoms with Gasteiger partial charge in [0.15, 0.2) is 0 Å². The van der Waals surface area contributed by atoms with Crippen molar-refractivity contribution >= 4 is 23.6 Å². The van der Waals surface area contributed by atoms with E-state index in [0.717, 1.165) is 11.8 Å². The lowest BCUT2D eigenvalue weighted by atomic mass is 10.2. The molecular weight excluding hydrogens is 266 g/mol. The van der Waals surface area contributed by atoms with E-state index in [-0.39, 0.29) is 28.8 Å². The molecule has 7 heteroatoms. The monoisotopic (exact) mass is 279 g/mol. The zero-order valence-corrected chi connectivity index (χ0v) is 11.4. The number of carboxylic acid groups (broad SMARTS) is 1. The number of amides is 1. The Balaban J connectivity index is 2.86. The lowest BCUT2D eigenvalue weighted by Crippen LogP contribution is -2.25. The molecule has 0 fully saturated rings. The molecule has 6 nitrogen and oxygen atoms in total. The van der Waals surface area contributed by atoms with Gasteiger partial charge in [0, 0.05) is 0 Å². The number of rotatable bonds is 5. The first-order chi connectivity index (χ1) is 8.95. The minimum atomic E-state index is -1.11. The van der Waals surface area contributed by atoms with Crippen molar-refractivity contribution in [3.8, 4) is 12.3 Å². The number of hydrogen-bond acceptors (Lipinski definition) is 5. The van der Waals surface area contributed by atoms with Crippen LogP contribution in [-0.2, 0) is 4.79 Å². The Morgan fingerprint density at radius 1 is 1.42 bits per heavy atom. The molecule has 0 unspecified atom stereocenters. The molecule has 0 aliphatic heterocycles. The van der Waals surface area contributed by atoms with Crippen molar-refractivity contribution in [1.29, 1.82) is 0 Å². The molecule has 0 atom stereocenters. The van der Waals surface area contributed by atoms with Crippen LogP contribution >= 0.6 is 11.8 Å². The second-order valence-corrected chi connectivity index (χ2v) is 4.58. The van der Waals surface area contributed by atoms with Crippen molar-refractivity contribution < 1.29 is 14.7 Å². The number of carbonyl (C=O) groups is 2. The Morgan fingerprint density at radius 3 is 2.68 bits per heavy atom. The van der Waals surface area contributed by atoms with Crippen LogP contribution in [0.2, 0.25) is 0 Å². The number of aromatic nitrogens is 2. The molecule has 0 aliphatic rings. The minimum absolute atomic E-state index is 0.0281. The Hall–Kier alpha value is -2.07. The Kier molecular flexibility index (Phi) is 5.33. The molecule has 0 saturated carbocycles. The van der Waals surface area contributed by atoms with Gasteiger partial charge in [-0.3, -0.25) is 4.79 Å². The molecule has 0 saturated heterocycles. The van der Waals surface area contributed by atoms with E-state index in [9.17, 15) is 9.59 Å². The number of nitrogens with zero attached hydrogens (tertiary/aromatic N) is 2. The summed E-state index contributed by atoms with van der Waals surface area (Å²) < 4.78 is 0. The molecule has 19 heavy (non-hydrogen) atoms. The third kappa shape index (κ3) is 4.26. The van der Waals surface area contributed by atoms with Crippen molar-refractivity contribution in [3.63, 3.8) is 0 Å². The van der Waals surface area contributed by atoms with Crippen LogP contribution in [0, 0.1) is 26.2 Å². The van der Waals surface area contributed by atoms with E-state index in [4.69, 9.17) is 11.5 Å².